The fraction of sp³-hybridized carbons (Fsp3) is 0.625. The van der Waals surface area contributed by atoms with E-state index in [0.29, 0.717) is 6.04 Å². The third kappa shape index (κ3) is 2.91. The molecular weight excluding hydrogens is 254 g/mol. The van der Waals surface area contributed by atoms with E-state index in [-0.39, 0.29) is 6.10 Å². The SMILES string of the molecule is COc1c(OC2CCOCC2)cccc1C1CCCN1. The van der Waals surface area contributed by atoms with Gasteiger partial charge in [-0.3, -0.25) is 0 Å². The highest BCUT2D eigenvalue weighted by Gasteiger charge is 2.24. The Bertz CT molecular complexity index is 437. The van der Waals surface area contributed by atoms with Crippen molar-refractivity contribution in [2.75, 3.05) is 26.9 Å². The molecule has 0 spiro atoms. The minimum absolute atomic E-state index is 0.240. The van der Waals surface area contributed by atoms with Crippen LogP contribution in [-0.4, -0.2) is 33.0 Å². The normalized spacial score (nSPS) is 23.8. The maximum Gasteiger partial charge on any atom is 0.165 e. The van der Waals surface area contributed by atoms with Gasteiger partial charge in [-0.05, 0) is 25.5 Å². The highest BCUT2D eigenvalue weighted by molar-refractivity contribution is 5.48. The molecule has 1 atom stereocenters. The van der Waals surface area contributed by atoms with Crippen LogP contribution in [0.1, 0.15) is 37.3 Å². The first-order valence-corrected chi connectivity index (χ1v) is 7.53. The third-order valence-corrected chi connectivity index (χ3v) is 4.11. The van der Waals surface area contributed by atoms with E-state index in [1.807, 2.05) is 6.07 Å². The number of hydrogen-bond donors (Lipinski definition) is 1. The van der Waals surface area contributed by atoms with E-state index in [9.17, 15) is 0 Å². The average Bonchev–Trinajstić information content (AvgIpc) is 3.02. The summed E-state index contributed by atoms with van der Waals surface area (Å²) in [5.74, 6) is 1.75. The van der Waals surface area contributed by atoms with Crippen molar-refractivity contribution in [3.8, 4) is 11.5 Å². The third-order valence-electron chi connectivity index (χ3n) is 4.11. The van der Waals surface area contributed by atoms with Gasteiger partial charge in [-0.2, -0.15) is 0 Å². The zero-order valence-electron chi connectivity index (χ0n) is 12.1. The predicted octanol–water partition coefficient (Wildman–Crippen LogP) is 2.68. The van der Waals surface area contributed by atoms with Crippen LogP contribution in [0, 0.1) is 0 Å². The fourth-order valence-corrected chi connectivity index (χ4v) is 3.04. The van der Waals surface area contributed by atoms with E-state index < -0.39 is 0 Å². The molecule has 0 aromatic heterocycles. The highest BCUT2D eigenvalue weighted by atomic mass is 16.5. The van der Waals surface area contributed by atoms with E-state index in [2.05, 4.69) is 17.4 Å². The standard InChI is InChI=1S/C16H23NO3/c1-18-16-13(14-5-3-9-17-14)4-2-6-15(16)20-12-7-10-19-11-8-12/h2,4,6,12,14,17H,3,5,7-11H2,1H3. The van der Waals surface area contributed by atoms with E-state index in [1.165, 1.54) is 12.0 Å². The molecule has 2 aliphatic heterocycles. The van der Waals surface area contributed by atoms with Gasteiger partial charge in [-0.15, -0.1) is 0 Å². The molecule has 1 aromatic carbocycles. The topological polar surface area (TPSA) is 39.7 Å². The lowest BCUT2D eigenvalue weighted by Crippen LogP contribution is -2.26. The summed E-state index contributed by atoms with van der Waals surface area (Å²) in [6.07, 6.45) is 4.53. The van der Waals surface area contributed by atoms with E-state index in [1.54, 1.807) is 7.11 Å². The van der Waals surface area contributed by atoms with Gasteiger partial charge in [0.25, 0.3) is 0 Å². The second-order valence-electron chi connectivity index (χ2n) is 5.46. The first-order valence-electron chi connectivity index (χ1n) is 7.53. The Morgan fingerprint density at radius 1 is 1.20 bits per heavy atom. The van der Waals surface area contributed by atoms with E-state index in [0.717, 1.165) is 50.5 Å². The van der Waals surface area contributed by atoms with Crippen LogP contribution in [0.15, 0.2) is 18.2 Å². The maximum absolute atomic E-state index is 6.14. The van der Waals surface area contributed by atoms with E-state index >= 15 is 0 Å². The Kier molecular flexibility index (Phi) is 4.43. The molecule has 2 heterocycles. The van der Waals surface area contributed by atoms with E-state index in [4.69, 9.17) is 14.2 Å². The van der Waals surface area contributed by atoms with Crippen molar-refractivity contribution in [1.29, 1.82) is 0 Å². The number of benzene rings is 1. The molecule has 1 N–H and O–H groups in total. The van der Waals surface area contributed by atoms with Crippen molar-refractivity contribution < 1.29 is 14.2 Å². The average molecular weight is 277 g/mol. The predicted molar refractivity (Wildman–Crippen MR) is 77.4 cm³/mol. The summed E-state index contributed by atoms with van der Waals surface area (Å²) < 4.78 is 17.2. The van der Waals surface area contributed by atoms with Gasteiger partial charge in [0.1, 0.15) is 6.10 Å². The molecule has 0 bridgehead atoms. The van der Waals surface area contributed by atoms with Crippen molar-refractivity contribution in [2.24, 2.45) is 0 Å². The van der Waals surface area contributed by atoms with Crippen LogP contribution in [0.3, 0.4) is 0 Å². The van der Waals surface area contributed by atoms with Crippen molar-refractivity contribution in [3.05, 3.63) is 23.8 Å². The number of nitrogens with one attached hydrogen (secondary N) is 1. The second kappa shape index (κ2) is 6.46. The Morgan fingerprint density at radius 2 is 2.05 bits per heavy atom. The summed E-state index contributed by atoms with van der Waals surface area (Å²) in [5.41, 5.74) is 1.22. The summed E-state index contributed by atoms with van der Waals surface area (Å²) in [6.45, 7) is 2.66. The molecule has 0 saturated carbocycles. The molecule has 1 unspecified atom stereocenters. The summed E-state index contributed by atoms with van der Waals surface area (Å²) in [5, 5.41) is 3.52. The Hall–Kier alpha value is -1.26. The van der Waals surface area contributed by atoms with Gasteiger partial charge < -0.3 is 19.5 Å². The number of rotatable bonds is 4. The van der Waals surface area contributed by atoms with Crippen LogP contribution in [0.25, 0.3) is 0 Å². The lowest BCUT2D eigenvalue weighted by molar-refractivity contribution is 0.0245. The van der Waals surface area contributed by atoms with Crippen molar-refractivity contribution in [1.82, 2.24) is 5.32 Å². The molecule has 4 nitrogen and oxygen atoms in total. The molecule has 0 aliphatic carbocycles. The van der Waals surface area contributed by atoms with Gasteiger partial charge in [-0.1, -0.05) is 12.1 Å². The monoisotopic (exact) mass is 277 g/mol. The highest BCUT2D eigenvalue weighted by Crippen LogP contribution is 2.38. The molecule has 2 aliphatic rings. The molecule has 0 radical (unpaired) electrons. The second-order valence-corrected chi connectivity index (χ2v) is 5.46. The summed E-state index contributed by atoms with van der Waals surface area (Å²) in [6, 6.07) is 6.60. The lowest BCUT2D eigenvalue weighted by Gasteiger charge is -2.25. The van der Waals surface area contributed by atoms with Crippen molar-refractivity contribution in [3.63, 3.8) is 0 Å². The van der Waals surface area contributed by atoms with Gasteiger partial charge in [0.15, 0.2) is 11.5 Å². The summed E-state index contributed by atoms with van der Waals surface area (Å²) in [4.78, 5) is 0. The zero-order valence-corrected chi connectivity index (χ0v) is 12.1. The molecule has 2 fully saturated rings. The van der Waals surface area contributed by atoms with Gasteiger partial charge in [0, 0.05) is 24.4 Å². The lowest BCUT2D eigenvalue weighted by atomic mass is 10.0. The molecular formula is C16H23NO3. The number of para-hydroxylation sites is 1. The molecule has 3 rings (SSSR count). The van der Waals surface area contributed by atoms with Crippen LogP contribution >= 0.6 is 0 Å². The van der Waals surface area contributed by atoms with Crippen LogP contribution in [0.4, 0.5) is 0 Å². The van der Waals surface area contributed by atoms with Crippen LogP contribution in [0.2, 0.25) is 0 Å². The number of ether oxygens (including phenoxy) is 3. The number of hydrogen-bond acceptors (Lipinski definition) is 4. The molecule has 20 heavy (non-hydrogen) atoms. The Labute approximate surface area is 120 Å². The summed E-state index contributed by atoms with van der Waals surface area (Å²) in [7, 11) is 1.73. The fourth-order valence-electron chi connectivity index (χ4n) is 3.04. The first kappa shape index (κ1) is 13.7. The number of methoxy groups -OCH3 is 1. The molecule has 110 valence electrons. The first-order chi connectivity index (χ1) is 9.88. The minimum Gasteiger partial charge on any atom is -0.493 e. The Balaban J connectivity index is 1.80. The molecule has 1 aromatic rings. The van der Waals surface area contributed by atoms with Gasteiger partial charge in [0.05, 0.1) is 20.3 Å². The smallest absolute Gasteiger partial charge is 0.165 e. The van der Waals surface area contributed by atoms with Crippen molar-refractivity contribution >= 4 is 0 Å². The van der Waals surface area contributed by atoms with Crippen molar-refractivity contribution in [2.45, 2.75) is 37.8 Å². The summed E-state index contributed by atoms with van der Waals surface area (Å²) >= 11 is 0. The largest absolute Gasteiger partial charge is 0.493 e. The van der Waals surface area contributed by atoms with Gasteiger partial charge in [0.2, 0.25) is 0 Å². The van der Waals surface area contributed by atoms with Crippen LogP contribution in [0.5, 0.6) is 11.5 Å². The zero-order chi connectivity index (χ0) is 13.8. The minimum atomic E-state index is 0.240. The van der Waals surface area contributed by atoms with Gasteiger partial charge in [-0.25, -0.2) is 0 Å². The Morgan fingerprint density at radius 3 is 2.75 bits per heavy atom. The molecule has 0 amide bonds. The van der Waals surface area contributed by atoms with Gasteiger partial charge >= 0.3 is 0 Å². The molecule has 4 heteroatoms. The van der Waals surface area contributed by atoms with Crippen LogP contribution < -0.4 is 14.8 Å². The molecule has 2 saturated heterocycles. The van der Waals surface area contributed by atoms with Crippen LogP contribution in [-0.2, 0) is 4.74 Å². The maximum atomic E-state index is 6.14. The quantitative estimate of drug-likeness (QED) is 0.918.